The Morgan fingerprint density at radius 1 is 1.35 bits per heavy atom. The summed E-state index contributed by atoms with van der Waals surface area (Å²) >= 11 is 0. The molecule has 1 aliphatic heterocycles. The van der Waals surface area contributed by atoms with Gasteiger partial charge in [0, 0.05) is 6.42 Å². The van der Waals surface area contributed by atoms with Gasteiger partial charge >= 0.3 is 6.09 Å². The van der Waals surface area contributed by atoms with Crippen molar-refractivity contribution in [3.8, 4) is 0 Å². The second-order valence-electron chi connectivity index (χ2n) is 5.55. The smallest absolute Gasteiger partial charge is 0.417 e. The Labute approximate surface area is 119 Å². The van der Waals surface area contributed by atoms with Crippen LogP contribution in [0, 0.1) is 5.92 Å². The Hall–Kier alpha value is -1.84. The third-order valence-corrected chi connectivity index (χ3v) is 3.50. The number of carbonyl (C=O) groups is 2. The number of amides is 2. The SMILES string of the molecule is CC(C)CCCC(=O)N1C(=O)OC[C@H]1c1ccccc1. The first kappa shape index (κ1) is 14.6. The van der Waals surface area contributed by atoms with E-state index >= 15 is 0 Å². The number of ether oxygens (including phenoxy) is 1. The molecule has 0 bridgehead atoms. The number of hydrogen-bond donors (Lipinski definition) is 0. The van der Waals surface area contributed by atoms with Crippen LogP contribution in [0.2, 0.25) is 0 Å². The van der Waals surface area contributed by atoms with E-state index in [-0.39, 0.29) is 18.6 Å². The van der Waals surface area contributed by atoms with Gasteiger partial charge in [0.15, 0.2) is 0 Å². The van der Waals surface area contributed by atoms with Gasteiger partial charge in [-0.2, -0.15) is 0 Å². The molecule has 0 aromatic heterocycles. The lowest BCUT2D eigenvalue weighted by Crippen LogP contribution is -2.34. The highest BCUT2D eigenvalue weighted by atomic mass is 16.6. The van der Waals surface area contributed by atoms with Crippen LogP contribution in [0.3, 0.4) is 0 Å². The highest BCUT2D eigenvalue weighted by molar-refractivity contribution is 5.93. The molecule has 108 valence electrons. The van der Waals surface area contributed by atoms with Gasteiger partial charge in [-0.05, 0) is 17.9 Å². The first-order chi connectivity index (χ1) is 9.59. The fourth-order valence-corrected chi connectivity index (χ4v) is 2.40. The summed E-state index contributed by atoms with van der Waals surface area (Å²) < 4.78 is 5.05. The Kier molecular flexibility index (Phi) is 4.77. The van der Waals surface area contributed by atoms with Gasteiger partial charge in [-0.1, -0.05) is 50.6 Å². The number of cyclic esters (lactones) is 1. The van der Waals surface area contributed by atoms with Crippen molar-refractivity contribution >= 4 is 12.0 Å². The fraction of sp³-hybridized carbons (Fsp3) is 0.500. The van der Waals surface area contributed by atoms with Crippen LogP contribution in [-0.2, 0) is 9.53 Å². The van der Waals surface area contributed by atoms with E-state index in [0.29, 0.717) is 12.3 Å². The van der Waals surface area contributed by atoms with Gasteiger partial charge in [0.25, 0.3) is 0 Å². The number of carbonyl (C=O) groups excluding carboxylic acids is 2. The van der Waals surface area contributed by atoms with Crippen LogP contribution in [0.25, 0.3) is 0 Å². The second-order valence-corrected chi connectivity index (χ2v) is 5.55. The van der Waals surface area contributed by atoms with Crippen LogP contribution in [0.5, 0.6) is 0 Å². The molecular weight excluding hydrogens is 254 g/mol. The van der Waals surface area contributed by atoms with E-state index in [2.05, 4.69) is 13.8 Å². The maximum absolute atomic E-state index is 12.2. The van der Waals surface area contributed by atoms with Gasteiger partial charge in [0.2, 0.25) is 5.91 Å². The molecule has 1 saturated heterocycles. The average molecular weight is 275 g/mol. The third kappa shape index (κ3) is 3.38. The van der Waals surface area contributed by atoms with E-state index in [0.717, 1.165) is 18.4 Å². The lowest BCUT2D eigenvalue weighted by molar-refractivity contribution is -0.129. The number of nitrogens with zero attached hydrogens (tertiary/aromatic N) is 1. The molecule has 0 aliphatic carbocycles. The molecule has 4 heteroatoms. The zero-order valence-corrected chi connectivity index (χ0v) is 12.0. The Balaban J connectivity index is 2.03. The highest BCUT2D eigenvalue weighted by Crippen LogP contribution is 2.28. The van der Waals surface area contributed by atoms with Crippen LogP contribution in [-0.4, -0.2) is 23.5 Å². The lowest BCUT2D eigenvalue weighted by atomic mass is 10.0. The minimum absolute atomic E-state index is 0.137. The van der Waals surface area contributed by atoms with Crippen molar-refractivity contribution in [2.75, 3.05) is 6.61 Å². The summed E-state index contributed by atoms with van der Waals surface area (Å²) in [5.74, 6) is 0.431. The van der Waals surface area contributed by atoms with Crippen molar-refractivity contribution in [3.63, 3.8) is 0 Å². The van der Waals surface area contributed by atoms with Gasteiger partial charge in [-0.3, -0.25) is 4.79 Å². The molecule has 0 N–H and O–H groups in total. The summed E-state index contributed by atoms with van der Waals surface area (Å²) in [4.78, 5) is 25.3. The summed E-state index contributed by atoms with van der Waals surface area (Å²) in [6.07, 6.45) is 1.68. The molecule has 0 saturated carbocycles. The number of rotatable bonds is 5. The van der Waals surface area contributed by atoms with Gasteiger partial charge in [0.05, 0.1) is 0 Å². The number of hydrogen-bond acceptors (Lipinski definition) is 3. The highest BCUT2D eigenvalue weighted by Gasteiger charge is 2.38. The van der Waals surface area contributed by atoms with Crippen LogP contribution in [0.1, 0.15) is 44.7 Å². The Bertz CT molecular complexity index is 470. The van der Waals surface area contributed by atoms with E-state index in [4.69, 9.17) is 4.74 Å². The summed E-state index contributed by atoms with van der Waals surface area (Å²) in [7, 11) is 0. The van der Waals surface area contributed by atoms with Crippen LogP contribution in [0.4, 0.5) is 4.79 Å². The van der Waals surface area contributed by atoms with Gasteiger partial charge in [-0.25, -0.2) is 9.69 Å². The van der Waals surface area contributed by atoms with Crippen molar-refractivity contribution in [3.05, 3.63) is 35.9 Å². The standard InChI is InChI=1S/C16H21NO3/c1-12(2)7-6-10-15(18)17-14(11-20-16(17)19)13-8-4-3-5-9-13/h3-5,8-9,12,14H,6-7,10-11H2,1-2H3/t14-/m0/s1. The Morgan fingerprint density at radius 3 is 2.70 bits per heavy atom. The van der Waals surface area contributed by atoms with Crippen LogP contribution < -0.4 is 0 Å². The molecule has 1 atom stereocenters. The molecule has 1 fully saturated rings. The molecule has 1 aliphatic rings. The maximum atomic E-state index is 12.2. The predicted molar refractivity (Wildman–Crippen MR) is 76.1 cm³/mol. The molecule has 1 aromatic carbocycles. The molecule has 0 radical (unpaired) electrons. The summed E-state index contributed by atoms with van der Waals surface area (Å²) in [5, 5.41) is 0. The molecule has 1 heterocycles. The van der Waals surface area contributed by atoms with E-state index in [1.54, 1.807) is 0 Å². The van der Waals surface area contributed by atoms with E-state index in [1.165, 1.54) is 4.90 Å². The van der Waals surface area contributed by atoms with Crippen LogP contribution in [0.15, 0.2) is 30.3 Å². The van der Waals surface area contributed by atoms with Crippen molar-refractivity contribution in [2.45, 2.75) is 39.2 Å². The number of imide groups is 1. The van der Waals surface area contributed by atoms with Gasteiger partial charge in [-0.15, -0.1) is 0 Å². The third-order valence-electron chi connectivity index (χ3n) is 3.50. The molecule has 0 spiro atoms. The number of benzene rings is 1. The fourth-order valence-electron chi connectivity index (χ4n) is 2.40. The van der Waals surface area contributed by atoms with Crippen LogP contribution >= 0.6 is 0 Å². The second kappa shape index (κ2) is 6.55. The average Bonchev–Trinajstić information content (AvgIpc) is 2.81. The normalized spacial score (nSPS) is 18.4. The zero-order chi connectivity index (χ0) is 14.5. The zero-order valence-electron chi connectivity index (χ0n) is 12.0. The summed E-state index contributed by atoms with van der Waals surface area (Å²) in [5.41, 5.74) is 0.940. The molecule has 20 heavy (non-hydrogen) atoms. The Morgan fingerprint density at radius 2 is 2.05 bits per heavy atom. The van der Waals surface area contributed by atoms with Crippen molar-refractivity contribution < 1.29 is 14.3 Å². The first-order valence-corrected chi connectivity index (χ1v) is 7.13. The van der Waals surface area contributed by atoms with E-state index < -0.39 is 6.09 Å². The van der Waals surface area contributed by atoms with Gasteiger partial charge < -0.3 is 4.74 Å². The molecule has 4 nitrogen and oxygen atoms in total. The summed E-state index contributed by atoms with van der Waals surface area (Å²) in [6, 6.07) is 9.27. The first-order valence-electron chi connectivity index (χ1n) is 7.13. The molecule has 1 aromatic rings. The lowest BCUT2D eigenvalue weighted by Gasteiger charge is -2.20. The minimum atomic E-state index is -0.520. The van der Waals surface area contributed by atoms with Crippen molar-refractivity contribution in [1.29, 1.82) is 0 Å². The molecule has 2 amide bonds. The quantitative estimate of drug-likeness (QED) is 0.825. The summed E-state index contributed by atoms with van der Waals surface area (Å²) in [6.45, 7) is 4.50. The van der Waals surface area contributed by atoms with Crippen molar-refractivity contribution in [2.24, 2.45) is 5.92 Å². The topological polar surface area (TPSA) is 46.6 Å². The minimum Gasteiger partial charge on any atom is -0.446 e. The molecule has 2 rings (SSSR count). The molecular formula is C16H21NO3. The van der Waals surface area contributed by atoms with E-state index in [1.807, 2.05) is 30.3 Å². The van der Waals surface area contributed by atoms with E-state index in [9.17, 15) is 9.59 Å². The maximum Gasteiger partial charge on any atom is 0.417 e. The molecule has 0 unspecified atom stereocenters. The van der Waals surface area contributed by atoms with Crippen molar-refractivity contribution in [1.82, 2.24) is 4.90 Å². The van der Waals surface area contributed by atoms with Gasteiger partial charge in [0.1, 0.15) is 12.6 Å². The predicted octanol–water partition coefficient (Wildman–Crippen LogP) is 3.53. The largest absolute Gasteiger partial charge is 0.446 e. The monoisotopic (exact) mass is 275 g/mol.